The molecule has 0 saturated heterocycles. The standard InChI is InChI=1S/2C17H14P.Fe.2HI.Ni/c2*1-3-9-15(10-4-1)18(17-13-7-8-14-17)16-11-5-2-6-12-16;;;;/h2*1-14H;;2*1H;/q;;+2;;;+2/p-2. The topological polar surface area (TPSA) is 0 Å². The van der Waals surface area contributed by atoms with E-state index >= 15 is 0 Å². The van der Waals surface area contributed by atoms with Crippen molar-refractivity contribution in [3.8, 4) is 0 Å². The second kappa shape index (κ2) is 20.2. The van der Waals surface area contributed by atoms with Gasteiger partial charge in [-0.2, -0.15) is 0 Å². The third kappa shape index (κ3) is 10.7. The van der Waals surface area contributed by atoms with Gasteiger partial charge in [0.05, 0.1) is 0 Å². The van der Waals surface area contributed by atoms with Crippen LogP contribution in [0.5, 0.6) is 0 Å². The van der Waals surface area contributed by atoms with Crippen LogP contribution in [0.15, 0.2) is 121 Å². The summed E-state index contributed by atoms with van der Waals surface area (Å²) in [6.45, 7) is 0. The molecule has 0 unspecified atom stereocenters. The number of benzene rings is 4. The SMILES string of the molecule is [CH]1[CH][CH][C](P(c2ccccc2)c2ccccc2)[CH]1.[CH]1[CH][CH][C](P(c2ccccc2)c2ccccc2)[CH]1.[Fe+2].[I][Ni][I]. The Morgan fingerprint density at radius 1 is 0.375 bits per heavy atom. The predicted octanol–water partition coefficient (Wildman–Crippen LogP) is 8.73. The van der Waals surface area contributed by atoms with Crippen LogP contribution in [0.4, 0.5) is 0 Å². The third-order valence-corrected chi connectivity index (χ3v) is 10.8. The van der Waals surface area contributed by atoms with Crippen LogP contribution in [0.1, 0.15) is 0 Å². The molecule has 204 valence electrons. The molecule has 6 rings (SSSR count). The van der Waals surface area contributed by atoms with Crippen molar-refractivity contribution in [3.05, 3.63) is 184 Å². The Kier molecular flexibility index (Phi) is 17.5. The summed E-state index contributed by atoms with van der Waals surface area (Å²) in [6.07, 6.45) is 17.4. The van der Waals surface area contributed by atoms with E-state index in [0.29, 0.717) is 0 Å². The molecule has 2 aliphatic rings. The molecule has 4 aromatic rings. The fourth-order valence-corrected chi connectivity index (χ4v) is 8.84. The molecule has 0 aliphatic heterocycles. The van der Waals surface area contributed by atoms with Crippen LogP contribution in [0.25, 0.3) is 0 Å². The summed E-state index contributed by atoms with van der Waals surface area (Å²) in [6, 6.07) is 43.1. The molecule has 2 aliphatic carbocycles. The Morgan fingerprint density at radius 3 is 0.775 bits per heavy atom. The minimum absolute atomic E-state index is 0. The van der Waals surface area contributed by atoms with Crippen LogP contribution >= 0.6 is 56.8 Å². The van der Waals surface area contributed by atoms with Gasteiger partial charge in [-0.25, -0.2) is 0 Å². The van der Waals surface area contributed by atoms with E-state index in [0.717, 1.165) is 0 Å². The molecule has 10 radical (unpaired) electrons. The van der Waals surface area contributed by atoms with Gasteiger partial charge in [-0.1, -0.05) is 121 Å². The van der Waals surface area contributed by atoms with E-state index in [9.17, 15) is 0 Å². The molecule has 0 N–H and O–H groups in total. The molecule has 0 nitrogen and oxygen atoms in total. The normalized spacial score (nSPS) is 15.2. The Bertz CT molecular complexity index is 1000. The van der Waals surface area contributed by atoms with Crippen molar-refractivity contribution in [1.82, 2.24) is 0 Å². The minimum atomic E-state index is -0.409. The summed E-state index contributed by atoms with van der Waals surface area (Å²) in [5.41, 5.74) is 2.84. The Labute approximate surface area is 284 Å². The van der Waals surface area contributed by atoms with Crippen molar-refractivity contribution in [2.45, 2.75) is 0 Å². The van der Waals surface area contributed by atoms with Crippen LogP contribution in [0.2, 0.25) is 0 Å². The molecule has 0 aromatic heterocycles. The van der Waals surface area contributed by atoms with E-state index < -0.39 is 15.8 Å². The van der Waals surface area contributed by atoms with Crippen LogP contribution in [-0.4, -0.2) is 0 Å². The fraction of sp³-hybridized carbons (Fsp3) is 0. The summed E-state index contributed by atoms with van der Waals surface area (Å²) in [5, 5.41) is 5.63. The second-order valence-electron chi connectivity index (χ2n) is 8.34. The van der Waals surface area contributed by atoms with Gasteiger partial charge in [-0.05, 0) is 88.4 Å². The number of hydrogen-bond acceptors (Lipinski definition) is 0. The molecule has 0 bridgehead atoms. The van der Waals surface area contributed by atoms with Gasteiger partial charge in [0.15, 0.2) is 0 Å². The van der Waals surface area contributed by atoms with Crippen molar-refractivity contribution in [1.29, 1.82) is 0 Å². The second-order valence-corrected chi connectivity index (χ2v) is 21.1. The van der Waals surface area contributed by atoms with E-state index in [1.54, 1.807) is 8.07 Å². The molecule has 4 aromatic carbocycles. The molecular formula is C34H28FeI2NiP2+2. The van der Waals surface area contributed by atoms with Crippen LogP contribution in [0.3, 0.4) is 0 Å². The molecule has 2 saturated carbocycles. The van der Waals surface area contributed by atoms with Gasteiger partial charge in [0.1, 0.15) is 0 Å². The number of halogens is 2. The van der Waals surface area contributed by atoms with Gasteiger partial charge in [0.25, 0.3) is 0 Å². The monoisotopic (exact) mass is 866 g/mol. The number of hydrogen-bond donors (Lipinski definition) is 0. The first-order valence-corrected chi connectivity index (χ1v) is 21.4. The van der Waals surface area contributed by atoms with E-state index in [-0.39, 0.29) is 17.1 Å². The van der Waals surface area contributed by atoms with Gasteiger partial charge in [0, 0.05) is 11.3 Å². The van der Waals surface area contributed by atoms with Crippen LogP contribution in [-0.2, 0) is 25.1 Å². The number of rotatable bonds is 6. The first kappa shape index (κ1) is 34.7. The van der Waals surface area contributed by atoms with Gasteiger partial charge in [-0.3, -0.25) is 0 Å². The Hall–Kier alpha value is 0.213. The molecule has 40 heavy (non-hydrogen) atoms. The average molecular weight is 867 g/mol. The van der Waals surface area contributed by atoms with Gasteiger partial charge < -0.3 is 0 Å². The Morgan fingerprint density at radius 2 is 0.575 bits per heavy atom. The van der Waals surface area contributed by atoms with Crippen LogP contribution in [0, 0.1) is 62.7 Å². The molecule has 0 heterocycles. The van der Waals surface area contributed by atoms with Crippen molar-refractivity contribution < 1.29 is 25.1 Å². The zero-order valence-electron chi connectivity index (χ0n) is 21.5. The van der Waals surface area contributed by atoms with E-state index in [1.807, 2.05) is 0 Å². The van der Waals surface area contributed by atoms with Crippen molar-refractivity contribution in [2.75, 3.05) is 0 Å². The summed E-state index contributed by atoms with van der Waals surface area (Å²) >= 11 is 4.43. The average Bonchev–Trinajstić information content (AvgIpc) is 3.72. The quantitative estimate of drug-likeness (QED) is 0.103. The molecule has 2 fully saturated rings. The van der Waals surface area contributed by atoms with E-state index in [2.05, 4.69) is 214 Å². The summed E-state index contributed by atoms with van der Waals surface area (Å²) in [5.74, 6) is 0. The van der Waals surface area contributed by atoms with E-state index in [1.165, 1.54) is 32.5 Å². The van der Waals surface area contributed by atoms with Crippen molar-refractivity contribution >= 4 is 78.0 Å². The van der Waals surface area contributed by atoms with Gasteiger partial charge in [0.2, 0.25) is 0 Å². The third-order valence-electron chi connectivity index (χ3n) is 5.86. The maximum atomic E-state index is 2.23. The molecule has 0 spiro atoms. The predicted molar refractivity (Wildman–Crippen MR) is 187 cm³/mol. The molecule has 0 atom stereocenters. The van der Waals surface area contributed by atoms with E-state index in [4.69, 9.17) is 0 Å². The first-order valence-electron chi connectivity index (χ1n) is 12.4. The first-order chi connectivity index (χ1) is 19.3. The van der Waals surface area contributed by atoms with Crippen molar-refractivity contribution in [2.24, 2.45) is 0 Å². The van der Waals surface area contributed by atoms with Gasteiger partial charge in [-0.15, -0.1) is 0 Å². The molecular weight excluding hydrogens is 839 g/mol. The maximum absolute atomic E-state index is 2.23. The molecule has 6 heteroatoms. The summed E-state index contributed by atoms with van der Waals surface area (Å²) in [4.78, 5) is 0. The van der Waals surface area contributed by atoms with Gasteiger partial charge >= 0.3 is 66.1 Å². The zero-order valence-corrected chi connectivity index (χ0v) is 29.7. The summed E-state index contributed by atoms with van der Waals surface area (Å²) in [7, 11) is 0.747. The Balaban J connectivity index is 0.000000197. The molecule has 0 amide bonds. The zero-order chi connectivity index (χ0) is 27.1. The van der Waals surface area contributed by atoms with Crippen LogP contribution < -0.4 is 21.2 Å². The fourth-order valence-electron chi connectivity index (χ4n) is 4.23. The van der Waals surface area contributed by atoms with Crippen molar-refractivity contribution in [3.63, 3.8) is 0 Å². The summed E-state index contributed by atoms with van der Waals surface area (Å²) < 4.78 is 0.